The summed E-state index contributed by atoms with van der Waals surface area (Å²) in [5, 5.41) is 10.4. The molecule has 0 heterocycles. The molecule has 212 valence electrons. The minimum atomic E-state index is 1.24. The number of fused-ring (bicyclic) bond motifs is 7. The molecule has 0 aromatic heterocycles. The lowest BCUT2D eigenvalue weighted by atomic mass is 9.81. The van der Waals surface area contributed by atoms with Crippen LogP contribution in [0.3, 0.4) is 0 Å². The molecule has 0 radical (unpaired) electrons. The fraction of sp³-hybridized carbons (Fsp3) is 0. The first-order valence-corrected chi connectivity index (χ1v) is 16.0. The van der Waals surface area contributed by atoms with E-state index in [9.17, 15) is 0 Å². The summed E-state index contributed by atoms with van der Waals surface area (Å²) in [7, 11) is 0. The molecule has 1 aliphatic carbocycles. The molecule has 0 unspecified atom stereocenters. The van der Waals surface area contributed by atoms with Crippen LogP contribution < -0.4 is 0 Å². The third-order valence-corrected chi connectivity index (χ3v) is 9.96. The van der Waals surface area contributed by atoms with E-state index < -0.39 is 0 Å². The average Bonchev–Trinajstić information content (AvgIpc) is 3.45. The van der Waals surface area contributed by atoms with Crippen molar-refractivity contribution < 1.29 is 0 Å². The van der Waals surface area contributed by atoms with Crippen LogP contribution in [-0.4, -0.2) is 0 Å². The number of rotatable bonds is 3. The van der Waals surface area contributed by atoms with E-state index in [0.29, 0.717) is 0 Å². The molecule has 9 aromatic rings. The van der Waals surface area contributed by atoms with E-state index in [1.807, 2.05) is 0 Å². The Morgan fingerprint density at radius 1 is 0.239 bits per heavy atom. The Hall–Kier alpha value is -5.98. The highest BCUT2D eigenvalue weighted by atomic mass is 14.3. The second-order valence-electron chi connectivity index (χ2n) is 12.4. The molecule has 46 heavy (non-hydrogen) atoms. The maximum atomic E-state index is 2.45. The van der Waals surface area contributed by atoms with Crippen LogP contribution in [0, 0.1) is 0 Å². The quantitative estimate of drug-likeness (QED) is 0.182. The van der Waals surface area contributed by atoms with Crippen LogP contribution in [0.1, 0.15) is 0 Å². The van der Waals surface area contributed by atoms with E-state index in [4.69, 9.17) is 0 Å². The molecule has 0 aliphatic heterocycles. The van der Waals surface area contributed by atoms with Gasteiger partial charge in [-0.1, -0.05) is 158 Å². The first-order chi connectivity index (χ1) is 22.8. The predicted molar refractivity (Wildman–Crippen MR) is 197 cm³/mol. The second kappa shape index (κ2) is 9.76. The standard InChI is InChI=1S/C46H28/c1-3-14-30(15-4-1)42-38-26-25-33(35-22-11-19-29-13-7-9-20-34(29)35)27-40(38)43(31-16-5-2-6-17-31)45-39-24-12-23-37-36-21-10-8-18-32(36)28-41(44(37)39)46(42)45/h1-28H. The van der Waals surface area contributed by atoms with E-state index in [0.717, 1.165) is 0 Å². The minimum absolute atomic E-state index is 1.24. The smallest absolute Gasteiger partial charge is 0.000719 e. The van der Waals surface area contributed by atoms with Crippen molar-refractivity contribution in [2.45, 2.75) is 0 Å². The summed E-state index contributed by atoms with van der Waals surface area (Å²) >= 11 is 0. The van der Waals surface area contributed by atoms with Gasteiger partial charge in [-0.15, -0.1) is 0 Å². The number of hydrogen-bond acceptors (Lipinski definition) is 0. The molecule has 0 atom stereocenters. The zero-order chi connectivity index (χ0) is 30.2. The van der Waals surface area contributed by atoms with E-state index in [1.54, 1.807) is 0 Å². The minimum Gasteiger partial charge on any atom is -0.0622 e. The maximum absolute atomic E-state index is 2.45. The number of hydrogen-bond donors (Lipinski definition) is 0. The summed E-state index contributed by atoms with van der Waals surface area (Å²) in [6.07, 6.45) is 0. The summed E-state index contributed by atoms with van der Waals surface area (Å²) in [6, 6.07) is 62.7. The monoisotopic (exact) mass is 580 g/mol. The molecule has 9 aromatic carbocycles. The van der Waals surface area contributed by atoms with Gasteiger partial charge >= 0.3 is 0 Å². The lowest BCUT2D eigenvalue weighted by molar-refractivity contribution is 1.62. The van der Waals surface area contributed by atoms with Crippen molar-refractivity contribution in [2.75, 3.05) is 0 Å². The molecule has 0 nitrogen and oxygen atoms in total. The summed E-state index contributed by atoms with van der Waals surface area (Å²) in [5.74, 6) is 0. The molecule has 0 fully saturated rings. The molecule has 0 bridgehead atoms. The molecule has 0 saturated carbocycles. The van der Waals surface area contributed by atoms with Gasteiger partial charge in [-0.05, 0) is 111 Å². The Morgan fingerprint density at radius 2 is 0.804 bits per heavy atom. The Morgan fingerprint density at radius 3 is 1.59 bits per heavy atom. The average molecular weight is 581 g/mol. The lowest BCUT2D eigenvalue weighted by Gasteiger charge is -2.21. The van der Waals surface area contributed by atoms with Crippen molar-refractivity contribution in [2.24, 2.45) is 0 Å². The highest BCUT2D eigenvalue weighted by Gasteiger charge is 2.31. The molecule has 0 saturated heterocycles. The molecule has 0 heteroatoms. The zero-order valence-electron chi connectivity index (χ0n) is 25.2. The Bertz CT molecular complexity index is 2660. The van der Waals surface area contributed by atoms with Crippen molar-refractivity contribution in [3.8, 4) is 55.6 Å². The van der Waals surface area contributed by atoms with Crippen molar-refractivity contribution in [1.82, 2.24) is 0 Å². The summed E-state index contributed by atoms with van der Waals surface area (Å²) in [5.41, 5.74) is 12.9. The Labute approximate surface area is 267 Å². The molecule has 1 aliphatic rings. The van der Waals surface area contributed by atoms with Crippen molar-refractivity contribution in [1.29, 1.82) is 0 Å². The van der Waals surface area contributed by atoms with Gasteiger partial charge < -0.3 is 0 Å². The van der Waals surface area contributed by atoms with E-state index >= 15 is 0 Å². The van der Waals surface area contributed by atoms with Gasteiger partial charge in [0, 0.05) is 0 Å². The van der Waals surface area contributed by atoms with Crippen molar-refractivity contribution in [3.05, 3.63) is 170 Å². The van der Waals surface area contributed by atoms with Gasteiger partial charge in [0.2, 0.25) is 0 Å². The molecule has 0 spiro atoms. The first kappa shape index (κ1) is 25.4. The Balaban J connectivity index is 1.42. The fourth-order valence-corrected chi connectivity index (χ4v) is 8.05. The predicted octanol–water partition coefficient (Wildman–Crippen LogP) is 12.9. The summed E-state index contributed by atoms with van der Waals surface area (Å²) in [6.45, 7) is 0. The van der Waals surface area contributed by atoms with Crippen LogP contribution in [-0.2, 0) is 0 Å². The third-order valence-electron chi connectivity index (χ3n) is 9.96. The van der Waals surface area contributed by atoms with Crippen molar-refractivity contribution in [3.63, 3.8) is 0 Å². The van der Waals surface area contributed by atoms with E-state index in [-0.39, 0.29) is 0 Å². The van der Waals surface area contributed by atoms with Gasteiger partial charge in [0.05, 0.1) is 0 Å². The summed E-state index contributed by atoms with van der Waals surface area (Å²) < 4.78 is 0. The molecular formula is C46H28. The van der Waals surface area contributed by atoms with Gasteiger partial charge in [-0.2, -0.15) is 0 Å². The van der Waals surface area contributed by atoms with Crippen LogP contribution in [0.15, 0.2) is 170 Å². The highest BCUT2D eigenvalue weighted by Crippen LogP contribution is 2.58. The van der Waals surface area contributed by atoms with Gasteiger partial charge in [-0.3, -0.25) is 0 Å². The number of benzene rings is 9. The maximum Gasteiger partial charge on any atom is -0.000719 e. The van der Waals surface area contributed by atoms with Crippen LogP contribution >= 0.6 is 0 Å². The van der Waals surface area contributed by atoms with Gasteiger partial charge in [0.25, 0.3) is 0 Å². The van der Waals surface area contributed by atoms with Crippen LogP contribution in [0.2, 0.25) is 0 Å². The van der Waals surface area contributed by atoms with Crippen molar-refractivity contribution >= 4 is 43.1 Å². The van der Waals surface area contributed by atoms with Gasteiger partial charge in [0.15, 0.2) is 0 Å². The fourth-order valence-electron chi connectivity index (χ4n) is 8.05. The third kappa shape index (κ3) is 3.56. The summed E-state index contributed by atoms with van der Waals surface area (Å²) in [4.78, 5) is 0. The van der Waals surface area contributed by atoms with Crippen LogP contribution in [0.25, 0.3) is 98.7 Å². The SMILES string of the molecule is c1ccc(-c2c3c(c(-c4ccccc4)c4cc(-c5cccc6ccccc56)ccc24)-c2cccc4c2c-3cc2ccccc24)cc1. The van der Waals surface area contributed by atoms with Crippen LogP contribution in [0.4, 0.5) is 0 Å². The van der Waals surface area contributed by atoms with E-state index in [1.165, 1.54) is 98.7 Å². The lowest BCUT2D eigenvalue weighted by Crippen LogP contribution is -1.94. The largest absolute Gasteiger partial charge is 0.0622 e. The highest BCUT2D eigenvalue weighted by molar-refractivity contribution is 6.31. The Kier molecular flexibility index (Phi) is 5.38. The topological polar surface area (TPSA) is 0 Å². The second-order valence-corrected chi connectivity index (χ2v) is 12.4. The van der Waals surface area contributed by atoms with Gasteiger partial charge in [-0.25, -0.2) is 0 Å². The van der Waals surface area contributed by atoms with E-state index in [2.05, 4.69) is 170 Å². The molecule has 0 N–H and O–H groups in total. The van der Waals surface area contributed by atoms with Crippen LogP contribution in [0.5, 0.6) is 0 Å². The molecular weight excluding hydrogens is 553 g/mol. The normalized spacial score (nSPS) is 11.9. The molecule has 10 rings (SSSR count). The molecule has 0 amide bonds. The zero-order valence-corrected chi connectivity index (χ0v) is 25.2. The first-order valence-electron chi connectivity index (χ1n) is 16.0. The van der Waals surface area contributed by atoms with Gasteiger partial charge in [0.1, 0.15) is 0 Å².